The first kappa shape index (κ1) is 3.90. The van der Waals surface area contributed by atoms with Crippen molar-refractivity contribution in [1.29, 1.82) is 0 Å². The Labute approximate surface area is 77.5 Å². The van der Waals surface area contributed by atoms with Crippen molar-refractivity contribution < 1.29 is 53.6 Å². The molecule has 0 aromatic heterocycles. The van der Waals surface area contributed by atoms with Crippen molar-refractivity contribution in [1.82, 2.24) is 0 Å². The second-order valence-corrected chi connectivity index (χ2v) is 1.58. The Hall–Kier alpha value is 0.870. The van der Waals surface area contributed by atoms with Crippen molar-refractivity contribution in [2.45, 2.75) is 6.85 Å². The van der Waals surface area contributed by atoms with E-state index >= 15 is 0 Å². The number of hydrogen-bond acceptors (Lipinski definition) is 4. The van der Waals surface area contributed by atoms with Gasteiger partial charge in [-0.15, -0.1) is 0 Å². The van der Waals surface area contributed by atoms with Gasteiger partial charge < -0.3 is 4.55 Å². The Bertz CT molecular complexity index is 256. The van der Waals surface area contributed by atoms with Gasteiger partial charge in [0.05, 0.1) is 9.30 Å². The Kier molecular flexibility index (Phi) is 2.30. The Morgan fingerprint density at radius 1 is 2.00 bits per heavy atom. The summed E-state index contributed by atoms with van der Waals surface area (Å²) in [5.41, 5.74) is 0. The van der Waals surface area contributed by atoms with E-state index < -0.39 is 23.8 Å². The Balaban J connectivity index is 0. The fraction of sp³-hybridized carbons (Fsp3) is 1.00. The van der Waals surface area contributed by atoms with Crippen molar-refractivity contribution in [2.75, 3.05) is 6.56 Å². The molecule has 0 atom stereocenters. The summed E-state index contributed by atoms with van der Waals surface area (Å²) < 4.78 is 65.1. The van der Waals surface area contributed by atoms with Gasteiger partial charge in [-0.1, -0.05) is 0 Å². The molecule has 0 radical (unpaired) electrons. The van der Waals surface area contributed by atoms with Crippen LogP contribution in [0.4, 0.5) is 0 Å². The van der Waals surface area contributed by atoms with Gasteiger partial charge in [0.1, 0.15) is 0 Å². The first-order valence-electron chi connectivity index (χ1n) is 3.62. The molecule has 4 nitrogen and oxygen atoms in total. The zero-order chi connectivity index (χ0) is 10.2. The molecule has 0 saturated heterocycles. The van der Waals surface area contributed by atoms with E-state index in [1.165, 1.54) is 0 Å². The van der Waals surface area contributed by atoms with Crippen LogP contribution in [0.1, 0.15) is 13.7 Å². The van der Waals surface area contributed by atoms with Crippen LogP contribution in [0.2, 0.25) is 0 Å². The van der Waals surface area contributed by atoms with E-state index in [4.69, 9.17) is 6.85 Å². The smallest absolute Gasteiger partial charge is 0.726 e. The molecule has 8 heavy (non-hydrogen) atoms. The van der Waals surface area contributed by atoms with Crippen LogP contribution in [0.3, 0.4) is 0 Å². The summed E-state index contributed by atoms with van der Waals surface area (Å²) >= 11 is 0. The van der Waals surface area contributed by atoms with E-state index in [0.29, 0.717) is 0 Å². The predicted molar refractivity (Wildman–Crippen MR) is 21.3 cm³/mol. The molecule has 0 bridgehead atoms. The van der Waals surface area contributed by atoms with Gasteiger partial charge in [-0.25, -0.2) is 8.42 Å². The summed E-state index contributed by atoms with van der Waals surface area (Å²) in [4.78, 5) is 0. The molecule has 0 aromatic rings. The van der Waals surface area contributed by atoms with Crippen molar-refractivity contribution >= 4 is 10.4 Å². The van der Waals surface area contributed by atoms with Crippen molar-refractivity contribution in [2.24, 2.45) is 0 Å². The maximum atomic E-state index is 9.83. The van der Waals surface area contributed by atoms with Crippen molar-refractivity contribution in [3.8, 4) is 0 Å². The molecule has 0 aliphatic carbocycles. The molecule has 0 saturated carbocycles. The quantitative estimate of drug-likeness (QED) is 0.234. The van der Waals surface area contributed by atoms with Gasteiger partial charge in [-0.3, -0.25) is 4.18 Å². The SMILES string of the molecule is [2H]C([2H])([2H])C([2H])([2H])OS(=O)(=O)[O-].[Na+]. The normalized spacial score (nSPS) is 22.9. The maximum Gasteiger partial charge on any atom is 1.00 e. The van der Waals surface area contributed by atoms with E-state index in [2.05, 4.69) is 4.18 Å². The molecule has 0 aliphatic rings. The maximum absolute atomic E-state index is 9.83. The number of hydrogen-bond donors (Lipinski definition) is 0. The summed E-state index contributed by atoms with van der Waals surface area (Å²) in [6.45, 7) is -6.79. The fourth-order valence-electron chi connectivity index (χ4n) is 0.0510. The van der Waals surface area contributed by atoms with Crippen LogP contribution in [-0.2, 0) is 14.6 Å². The predicted octanol–water partition coefficient (Wildman–Crippen LogP) is -3.51. The van der Waals surface area contributed by atoms with Gasteiger partial charge in [0, 0.05) is 4.11 Å². The van der Waals surface area contributed by atoms with Crippen LogP contribution in [-0.4, -0.2) is 19.5 Å². The molecule has 0 aromatic carbocycles. The van der Waals surface area contributed by atoms with Gasteiger partial charge in [0.2, 0.25) is 10.4 Å². The van der Waals surface area contributed by atoms with E-state index in [-0.39, 0.29) is 29.6 Å². The zero-order valence-corrected chi connectivity index (χ0v) is 6.86. The minimum Gasteiger partial charge on any atom is -0.726 e. The molecule has 0 aliphatic heterocycles. The summed E-state index contributed by atoms with van der Waals surface area (Å²) in [7, 11) is -5.35. The average molecular weight is 153 g/mol. The molecule has 6 heteroatoms. The minimum absolute atomic E-state index is 0. The molecule has 0 rings (SSSR count). The summed E-state index contributed by atoms with van der Waals surface area (Å²) in [6, 6.07) is 0. The van der Waals surface area contributed by atoms with Gasteiger partial charge in [0.25, 0.3) is 0 Å². The van der Waals surface area contributed by atoms with E-state index in [0.717, 1.165) is 0 Å². The summed E-state index contributed by atoms with van der Waals surface area (Å²) in [5, 5.41) is 0. The first-order valence-corrected chi connectivity index (χ1v) is 2.45. The monoisotopic (exact) mass is 153 g/mol. The first-order chi connectivity index (χ1) is 4.96. The van der Waals surface area contributed by atoms with Crippen LogP contribution in [0.25, 0.3) is 0 Å². The summed E-state index contributed by atoms with van der Waals surface area (Å²) in [6.07, 6.45) is 0. The zero-order valence-electron chi connectivity index (χ0n) is 9.04. The Morgan fingerprint density at radius 3 is 2.62 bits per heavy atom. The third kappa shape index (κ3) is 9.98. The average Bonchev–Trinajstić information content (AvgIpc) is 1.52. The van der Waals surface area contributed by atoms with Gasteiger partial charge in [-0.05, 0) is 6.85 Å². The van der Waals surface area contributed by atoms with Crippen molar-refractivity contribution in [3.63, 3.8) is 0 Å². The second kappa shape index (κ2) is 4.72. The molecule has 0 fully saturated rings. The third-order valence-electron chi connectivity index (χ3n) is 0.144. The largest absolute Gasteiger partial charge is 1.00 e. The summed E-state index contributed by atoms with van der Waals surface area (Å²) in [5.74, 6) is 0. The topological polar surface area (TPSA) is 66.4 Å². The molecule has 0 heterocycles. The third-order valence-corrected chi connectivity index (χ3v) is 0.431. The molecular formula is C2H5NaO4S. The molecule has 44 valence electrons. The van der Waals surface area contributed by atoms with Gasteiger partial charge in [-0.2, -0.15) is 0 Å². The van der Waals surface area contributed by atoms with Crippen LogP contribution in [0, 0.1) is 0 Å². The Morgan fingerprint density at radius 2 is 2.50 bits per heavy atom. The fourth-order valence-corrected chi connectivity index (χ4v) is 0.153. The second-order valence-electron chi connectivity index (χ2n) is 0.594. The van der Waals surface area contributed by atoms with Gasteiger partial charge in [0.15, 0.2) is 0 Å². The van der Waals surface area contributed by atoms with E-state index in [1.807, 2.05) is 0 Å². The van der Waals surface area contributed by atoms with Crippen LogP contribution in [0.15, 0.2) is 0 Å². The van der Waals surface area contributed by atoms with E-state index in [9.17, 15) is 13.0 Å². The molecule has 0 amide bonds. The minimum atomic E-state index is -5.35. The van der Waals surface area contributed by atoms with Gasteiger partial charge >= 0.3 is 29.6 Å². The van der Waals surface area contributed by atoms with E-state index in [1.54, 1.807) is 0 Å². The van der Waals surface area contributed by atoms with Crippen LogP contribution in [0.5, 0.6) is 0 Å². The van der Waals surface area contributed by atoms with Crippen LogP contribution < -0.4 is 29.6 Å². The standard InChI is InChI=1S/C2H6O4S.Na/c1-2-6-7(3,4)5;/h2H2,1H3,(H,3,4,5);/q;+1/p-1/i1D3,2D2;. The molecule has 0 N–H and O–H groups in total. The van der Waals surface area contributed by atoms with Crippen molar-refractivity contribution in [3.05, 3.63) is 0 Å². The molecule has 0 unspecified atom stereocenters. The molecule has 0 spiro atoms. The number of rotatable bonds is 2. The van der Waals surface area contributed by atoms with Crippen LogP contribution >= 0.6 is 0 Å². The molecular weight excluding hydrogens is 143 g/mol.